The van der Waals surface area contributed by atoms with Gasteiger partial charge in [0.25, 0.3) is 0 Å². The van der Waals surface area contributed by atoms with Crippen LogP contribution in [0.1, 0.15) is 39.2 Å². The van der Waals surface area contributed by atoms with E-state index >= 15 is 0 Å². The average molecular weight is 204 g/mol. The lowest BCUT2D eigenvalue weighted by Gasteiger charge is -2.22. The second kappa shape index (κ2) is 3.76. The predicted molar refractivity (Wildman–Crippen MR) is 66.6 cm³/mol. The van der Waals surface area contributed by atoms with Crippen molar-refractivity contribution in [2.24, 2.45) is 0 Å². The molecule has 0 unspecified atom stereocenters. The smallest absolute Gasteiger partial charge is 0.0880 e. The Labute approximate surface area is 92.3 Å². The minimum atomic E-state index is 0.557. The molecule has 0 aliphatic carbocycles. The van der Waals surface area contributed by atoms with Gasteiger partial charge in [0.2, 0.25) is 0 Å². The Kier molecular flexibility index (Phi) is 2.59. The third-order valence-electron chi connectivity index (χ3n) is 3.06. The Hall–Kier alpha value is -1.18. The van der Waals surface area contributed by atoms with Crippen molar-refractivity contribution in [2.75, 3.05) is 16.9 Å². The number of benzene rings is 1. The summed E-state index contributed by atoms with van der Waals surface area (Å²) in [4.78, 5) is 2.40. The van der Waals surface area contributed by atoms with Crippen LogP contribution < -0.4 is 10.2 Å². The molecule has 2 nitrogen and oxygen atoms in total. The monoisotopic (exact) mass is 204 g/mol. The van der Waals surface area contributed by atoms with E-state index in [0.717, 1.165) is 6.67 Å². The van der Waals surface area contributed by atoms with Crippen molar-refractivity contribution in [1.82, 2.24) is 0 Å². The van der Waals surface area contributed by atoms with Crippen LogP contribution in [-0.4, -0.2) is 12.7 Å². The van der Waals surface area contributed by atoms with E-state index < -0.39 is 0 Å². The van der Waals surface area contributed by atoms with Gasteiger partial charge in [0.1, 0.15) is 0 Å². The molecule has 0 saturated heterocycles. The maximum Gasteiger partial charge on any atom is 0.0880 e. The first-order valence-electron chi connectivity index (χ1n) is 5.74. The van der Waals surface area contributed by atoms with Gasteiger partial charge in [-0.25, -0.2) is 0 Å². The number of nitrogens with zero attached hydrogens (tertiary/aromatic N) is 1. The summed E-state index contributed by atoms with van der Waals surface area (Å²) in [5.41, 5.74) is 4.12. The first kappa shape index (κ1) is 10.3. The fourth-order valence-corrected chi connectivity index (χ4v) is 2.18. The summed E-state index contributed by atoms with van der Waals surface area (Å²) in [6.45, 7) is 9.90. The summed E-state index contributed by atoms with van der Waals surface area (Å²) in [5.74, 6) is 0.583. The Morgan fingerprint density at radius 1 is 1.20 bits per heavy atom. The highest BCUT2D eigenvalue weighted by atomic mass is 15.3. The zero-order valence-electron chi connectivity index (χ0n) is 10.0. The maximum atomic E-state index is 3.51. The lowest BCUT2D eigenvalue weighted by Crippen LogP contribution is -2.29. The van der Waals surface area contributed by atoms with Crippen LogP contribution in [0.15, 0.2) is 18.2 Å². The molecule has 1 aliphatic rings. The van der Waals surface area contributed by atoms with Crippen LogP contribution in [0.2, 0.25) is 0 Å². The van der Waals surface area contributed by atoms with Gasteiger partial charge in [-0.3, -0.25) is 0 Å². The first-order valence-corrected chi connectivity index (χ1v) is 5.74. The molecule has 82 valence electrons. The fourth-order valence-electron chi connectivity index (χ4n) is 2.18. The molecule has 15 heavy (non-hydrogen) atoms. The zero-order valence-corrected chi connectivity index (χ0v) is 10.0. The lowest BCUT2D eigenvalue weighted by molar-refractivity contribution is 0.727. The van der Waals surface area contributed by atoms with Crippen molar-refractivity contribution in [3.8, 4) is 0 Å². The lowest BCUT2D eigenvalue weighted by atomic mass is 10.0. The number of hydrogen-bond donors (Lipinski definition) is 1. The van der Waals surface area contributed by atoms with Crippen molar-refractivity contribution < 1.29 is 0 Å². The number of nitrogens with one attached hydrogen (secondary N) is 1. The highest BCUT2D eigenvalue weighted by Gasteiger charge is 2.23. The van der Waals surface area contributed by atoms with E-state index in [4.69, 9.17) is 0 Å². The Bertz CT molecular complexity index is 356. The molecule has 0 saturated carbocycles. The molecule has 1 aromatic rings. The largest absolute Gasteiger partial charge is 0.366 e. The first-order chi connectivity index (χ1) is 7.11. The summed E-state index contributed by atoms with van der Waals surface area (Å²) in [7, 11) is 0. The molecule has 0 aromatic heterocycles. The van der Waals surface area contributed by atoms with Gasteiger partial charge in [-0.15, -0.1) is 0 Å². The van der Waals surface area contributed by atoms with Crippen molar-refractivity contribution in [1.29, 1.82) is 0 Å². The molecule has 0 amide bonds. The van der Waals surface area contributed by atoms with Gasteiger partial charge in [-0.1, -0.05) is 26.0 Å². The van der Waals surface area contributed by atoms with Crippen LogP contribution in [-0.2, 0) is 0 Å². The minimum Gasteiger partial charge on any atom is -0.366 e. The van der Waals surface area contributed by atoms with Crippen molar-refractivity contribution in [3.63, 3.8) is 0 Å². The predicted octanol–water partition coefficient (Wildman–Crippen LogP) is 3.41. The molecule has 1 aliphatic heterocycles. The molecule has 0 fully saturated rings. The second-order valence-corrected chi connectivity index (χ2v) is 4.79. The van der Waals surface area contributed by atoms with Crippen LogP contribution in [0.3, 0.4) is 0 Å². The quantitative estimate of drug-likeness (QED) is 0.794. The summed E-state index contributed by atoms with van der Waals surface area (Å²) < 4.78 is 0. The van der Waals surface area contributed by atoms with Crippen molar-refractivity contribution in [2.45, 2.75) is 39.7 Å². The number of anilines is 2. The molecule has 0 spiro atoms. The van der Waals surface area contributed by atoms with E-state index in [1.54, 1.807) is 0 Å². The molecule has 0 radical (unpaired) electrons. The van der Waals surface area contributed by atoms with E-state index in [0.29, 0.717) is 12.0 Å². The van der Waals surface area contributed by atoms with Gasteiger partial charge in [0.05, 0.1) is 18.0 Å². The molecule has 1 heterocycles. The molecule has 2 heteroatoms. The number of para-hydroxylation sites is 1. The van der Waals surface area contributed by atoms with Crippen LogP contribution in [0.25, 0.3) is 0 Å². The standard InChI is InChI=1S/C13H20N2/c1-9(2)11-6-5-7-12-13(11)14-8-15(12)10(3)4/h5-7,9-10,14H,8H2,1-4H3. The molecular weight excluding hydrogens is 184 g/mol. The third kappa shape index (κ3) is 1.69. The van der Waals surface area contributed by atoms with Crippen LogP contribution in [0.4, 0.5) is 11.4 Å². The van der Waals surface area contributed by atoms with E-state index in [-0.39, 0.29) is 0 Å². The number of rotatable bonds is 2. The molecular formula is C13H20N2. The van der Waals surface area contributed by atoms with Crippen LogP contribution in [0.5, 0.6) is 0 Å². The van der Waals surface area contributed by atoms with Gasteiger partial charge in [-0.2, -0.15) is 0 Å². The van der Waals surface area contributed by atoms with E-state index in [1.165, 1.54) is 16.9 Å². The van der Waals surface area contributed by atoms with E-state index in [1.807, 2.05) is 0 Å². The Morgan fingerprint density at radius 2 is 1.93 bits per heavy atom. The molecule has 0 atom stereocenters. The van der Waals surface area contributed by atoms with Gasteiger partial charge < -0.3 is 10.2 Å². The topological polar surface area (TPSA) is 15.3 Å². The fraction of sp³-hybridized carbons (Fsp3) is 0.538. The Balaban J connectivity index is 2.43. The number of fused-ring (bicyclic) bond motifs is 1. The molecule has 0 bridgehead atoms. The summed E-state index contributed by atoms with van der Waals surface area (Å²) in [6.07, 6.45) is 0. The van der Waals surface area contributed by atoms with Gasteiger partial charge in [0, 0.05) is 6.04 Å². The maximum absolute atomic E-state index is 3.51. The normalized spacial score (nSPS) is 14.7. The van der Waals surface area contributed by atoms with Crippen LogP contribution >= 0.6 is 0 Å². The van der Waals surface area contributed by atoms with Crippen molar-refractivity contribution >= 4 is 11.4 Å². The van der Waals surface area contributed by atoms with Gasteiger partial charge in [-0.05, 0) is 31.4 Å². The highest BCUT2D eigenvalue weighted by molar-refractivity contribution is 5.78. The van der Waals surface area contributed by atoms with Gasteiger partial charge >= 0.3 is 0 Å². The highest BCUT2D eigenvalue weighted by Crippen LogP contribution is 2.38. The average Bonchev–Trinajstić information content (AvgIpc) is 2.59. The zero-order chi connectivity index (χ0) is 11.0. The van der Waals surface area contributed by atoms with E-state index in [9.17, 15) is 0 Å². The molecule has 1 N–H and O–H groups in total. The summed E-state index contributed by atoms with van der Waals surface area (Å²) in [6, 6.07) is 7.15. The number of hydrogen-bond acceptors (Lipinski definition) is 2. The van der Waals surface area contributed by atoms with E-state index in [2.05, 4.69) is 56.1 Å². The molecule has 1 aromatic carbocycles. The van der Waals surface area contributed by atoms with Crippen molar-refractivity contribution in [3.05, 3.63) is 23.8 Å². The van der Waals surface area contributed by atoms with Gasteiger partial charge in [0.15, 0.2) is 0 Å². The second-order valence-electron chi connectivity index (χ2n) is 4.79. The Morgan fingerprint density at radius 3 is 2.53 bits per heavy atom. The summed E-state index contributed by atoms with van der Waals surface area (Å²) >= 11 is 0. The minimum absolute atomic E-state index is 0.557. The SMILES string of the molecule is CC(C)c1cccc2c1NCN2C(C)C. The molecule has 2 rings (SSSR count). The summed E-state index contributed by atoms with van der Waals surface area (Å²) in [5, 5.41) is 3.51. The third-order valence-corrected chi connectivity index (χ3v) is 3.06. The van der Waals surface area contributed by atoms with Crippen LogP contribution in [0, 0.1) is 0 Å².